The molecule has 0 saturated heterocycles. The summed E-state index contributed by atoms with van der Waals surface area (Å²) < 4.78 is 6.92. The molecule has 4 aliphatic rings. The molecule has 3 heteroatoms. The molecule has 0 unspecified atom stereocenters. The fourth-order valence-electron chi connectivity index (χ4n) is 9.84. The summed E-state index contributed by atoms with van der Waals surface area (Å²) in [5.41, 5.74) is 17.4. The largest absolute Gasteiger partial charge is 0.458 e. The number of hydrogen-bond acceptors (Lipinski definition) is 2. The number of benzene rings is 7. The normalized spacial score (nSPS) is 16.0. The lowest BCUT2D eigenvalue weighted by atomic mass is 9.28. The van der Waals surface area contributed by atoms with Gasteiger partial charge in [-0.15, -0.1) is 0 Å². The first-order valence-electron chi connectivity index (χ1n) is 17.3. The van der Waals surface area contributed by atoms with E-state index in [9.17, 15) is 0 Å². The van der Waals surface area contributed by atoms with E-state index in [-0.39, 0.29) is 12.1 Å². The van der Waals surface area contributed by atoms with Gasteiger partial charge < -0.3 is 9.64 Å². The summed E-state index contributed by atoms with van der Waals surface area (Å²) in [6.07, 6.45) is 0. The highest BCUT2D eigenvalue weighted by atomic mass is 16.5. The van der Waals surface area contributed by atoms with Crippen molar-refractivity contribution in [3.8, 4) is 22.6 Å². The second-order valence-electron chi connectivity index (χ2n) is 14.4. The highest BCUT2D eigenvalue weighted by molar-refractivity contribution is 7.00. The Bertz CT molecular complexity index is 2480. The van der Waals surface area contributed by atoms with Crippen LogP contribution in [0.4, 0.5) is 17.1 Å². The van der Waals surface area contributed by atoms with Crippen LogP contribution in [0.25, 0.3) is 11.1 Å². The molecule has 3 aliphatic heterocycles. The number of rotatable bonds is 3. The maximum atomic E-state index is 6.92. The lowest BCUT2D eigenvalue weighted by Crippen LogP contribution is -2.66. The Morgan fingerprint density at radius 3 is 1.76 bits per heavy atom. The van der Waals surface area contributed by atoms with Gasteiger partial charge in [0.25, 0.3) is 6.71 Å². The zero-order valence-electron chi connectivity index (χ0n) is 27.4. The molecule has 2 nitrogen and oxygen atoms in total. The van der Waals surface area contributed by atoms with E-state index in [0.717, 1.165) is 11.5 Å². The molecule has 0 aromatic heterocycles. The smallest absolute Gasteiger partial charge is 0.257 e. The Labute approximate surface area is 287 Å². The van der Waals surface area contributed by atoms with Crippen LogP contribution in [0, 0.1) is 0 Å². The first-order chi connectivity index (χ1) is 24.1. The minimum Gasteiger partial charge on any atom is -0.458 e. The molecule has 7 aromatic carbocycles. The summed E-state index contributed by atoms with van der Waals surface area (Å²) in [5, 5.41) is 0. The molecule has 3 heterocycles. The van der Waals surface area contributed by atoms with Crippen LogP contribution in [0.1, 0.15) is 47.2 Å². The van der Waals surface area contributed by atoms with Gasteiger partial charge in [-0.1, -0.05) is 135 Å². The van der Waals surface area contributed by atoms with Gasteiger partial charge in [0, 0.05) is 22.5 Å². The van der Waals surface area contributed by atoms with E-state index in [4.69, 9.17) is 4.74 Å². The van der Waals surface area contributed by atoms with Crippen LogP contribution in [0.15, 0.2) is 158 Å². The maximum absolute atomic E-state index is 6.92. The summed E-state index contributed by atoms with van der Waals surface area (Å²) in [7, 11) is 0. The van der Waals surface area contributed by atoms with E-state index >= 15 is 0 Å². The fourth-order valence-corrected chi connectivity index (χ4v) is 9.84. The molecule has 0 amide bonds. The summed E-state index contributed by atoms with van der Waals surface area (Å²) >= 11 is 0. The van der Waals surface area contributed by atoms with Crippen molar-refractivity contribution in [1.29, 1.82) is 0 Å². The van der Waals surface area contributed by atoms with Crippen molar-refractivity contribution in [2.24, 2.45) is 0 Å². The van der Waals surface area contributed by atoms with Gasteiger partial charge in [0.05, 0.1) is 5.41 Å². The Morgan fingerprint density at radius 1 is 0.469 bits per heavy atom. The molecule has 1 aliphatic carbocycles. The summed E-state index contributed by atoms with van der Waals surface area (Å²) in [4.78, 5) is 2.51. The Morgan fingerprint density at radius 2 is 1.02 bits per heavy atom. The molecule has 0 N–H and O–H groups in total. The third kappa shape index (κ3) is 3.28. The van der Waals surface area contributed by atoms with Crippen LogP contribution in [-0.2, 0) is 10.8 Å². The molecular formula is C46H32BNO. The maximum Gasteiger partial charge on any atom is 0.257 e. The molecule has 0 spiro atoms. The molecule has 0 atom stereocenters. The van der Waals surface area contributed by atoms with Crippen molar-refractivity contribution in [3.63, 3.8) is 0 Å². The zero-order valence-corrected chi connectivity index (χ0v) is 27.4. The number of ether oxygens (including phenoxy) is 1. The zero-order chi connectivity index (χ0) is 32.5. The van der Waals surface area contributed by atoms with Gasteiger partial charge in [-0.2, -0.15) is 0 Å². The van der Waals surface area contributed by atoms with Gasteiger partial charge in [0.1, 0.15) is 11.5 Å². The minimum atomic E-state index is -0.532. The first-order valence-corrected chi connectivity index (χ1v) is 17.3. The molecule has 0 saturated carbocycles. The monoisotopic (exact) mass is 625 g/mol. The molecule has 230 valence electrons. The van der Waals surface area contributed by atoms with Crippen molar-refractivity contribution >= 4 is 40.2 Å². The Balaban J connectivity index is 1.25. The molecule has 0 fully saturated rings. The van der Waals surface area contributed by atoms with Crippen molar-refractivity contribution in [2.75, 3.05) is 4.90 Å². The van der Waals surface area contributed by atoms with Crippen LogP contribution >= 0.6 is 0 Å². The predicted molar refractivity (Wildman–Crippen MR) is 202 cm³/mol. The van der Waals surface area contributed by atoms with E-state index in [1.807, 2.05) is 0 Å². The van der Waals surface area contributed by atoms with Crippen LogP contribution in [0.5, 0.6) is 11.5 Å². The summed E-state index contributed by atoms with van der Waals surface area (Å²) in [6.45, 7) is 4.79. The van der Waals surface area contributed by atoms with Crippen molar-refractivity contribution in [3.05, 3.63) is 191 Å². The molecule has 0 bridgehead atoms. The van der Waals surface area contributed by atoms with Gasteiger partial charge in [0.15, 0.2) is 0 Å². The molecule has 7 aromatic rings. The minimum absolute atomic E-state index is 0.0595. The fraction of sp³-hybridized carbons (Fsp3) is 0.0870. The van der Waals surface area contributed by atoms with Crippen molar-refractivity contribution < 1.29 is 4.74 Å². The van der Waals surface area contributed by atoms with Gasteiger partial charge in [-0.25, -0.2) is 0 Å². The van der Waals surface area contributed by atoms with Crippen molar-refractivity contribution in [1.82, 2.24) is 0 Å². The lowest BCUT2D eigenvalue weighted by Gasteiger charge is -2.50. The summed E-state index contributed by atoms with van der Waals surface area (Å²) in [5.74, 6) is 1.90. The van der Waals surface area contributed by atoms with Crippen LogP contribution < -0.4 is 26.0 Å². The van der Waals surface area contributed by atoms with Gasteiger partial charge in [-0.05, 0) is 97.3 Å². The number of hydrogen-bond donors (Lipinski definition) is 0. The highest BCUT2D eigenvalue weighted by Gasteiger charge is 2.54. The third-order valence-electron chi connectivity index (χ3n) is 11.8. The molecular weight excluding hydrogens is 593 g/mol. The predicted octanol–water partition coefficient (Wildman–Crippen LogP) is 9.09. The van der Waals surface area contributed by atoms with Gasteiger partial charge in [-0.3, -0.25) is 0 Å². The Hall–Kier alpha value is -5.80. The number of fused-ring (bicyclic) bond motifs is 3. The highest BCUT2D eigenvalue weighted by Crippen LogP contribution is 2.54. The van der Waals surface area contributed by atoms with Gasteiger partial charge >= 0.3 is 0 Å². The van der Waals surface area contributed by atoms with E-state index in [1.54, 1.807) is 0 Å². The lowest BCUT2D eigenvalue weighted by molar-refractivity contribution is 0.485. The van der Waals surface area contributed by atoms with E-state index < -0.39 is 5.41 Å². The van der Waals surface area contributed by atoms with Crippen LogP contribution in [-0.4, -0.2) is 6.71 Å². The summed E-state index contributed by atoms with van der Waals surface area (Å²) in [6, 6.07) is 58.4. The standard InChI is InChI=1S/C46H32BNO/c1-45(2)34-19-10-9-18-32(34)33-27-26-31(28-37(33)45)48-38-22-11-20-35-42(38)47-43-36(21-12-24-40(43)49-41-25-13-23-39(48)44(41)47)46(35,29-14-5-3-6-15-29)30-16-7-4-8-17-30/h3-28H,1-2H3. The van der Waals surface area contributed by atoms with Crippen molar-refractivity contribution in [2.45, 2.75) is 24.7 Å². The average Bonchev–Trinajstić information content (AvgIpc) is 3.38. The second kappa shape index (κ2) is 9.42. The number of nitrogens with zero attached hydrogens (tertiary/aromatic N) is 1. The molecule has 0 radical (unpaired) electrons. The van der Waals surface area contributed by atoms with E-state index in [1.165, 1.54) is 78.0 Å². The quantitative estimate of drug-likeness (QED) is 0.182. The molecule has 49 heavy (non-hydrogen) atoms. The Kier molecular flexibility index (Phi) is 5.23. The van der Waals surface area contributed by atoms with Gasteiger partial charge in [0.2, 0.25) is 0 Å². The second-order valence-corrected chi connectivity index (χ2v) is 14.4. The molecule has 11 rings (SSSR count). The first kappa shape index (κ1) is 27.2. The SMILES string of the molecule is CC1(C)c2ccccc2-c2ccc(N3c4cccc5c4B4c6c(cccc6C(c6ccccc6)(c6ccccc6)c6cccc3c64)O5)cc21. The van der Waals surface area contributed by atoms with Crippen LogP contribution in [0.3, 0.4) is 0 Å². The van der Waals surface area contributed by atoms with E-state index in [0.29, 0.717) is 0 Å². The van der Waals surface area contributed by atoms with E-state index in [2.05, 4.69) is 176 Å². The average molecular weight is 626 g/mol. The topological polar surface area (TPSA) is 12.5 Å². The number of anilines is 3. The van der Waals surface area contributed by atoms with Crippen LogP contribution in [0.2, 0.25) is 0 Å². The third-order valence-corrected chi connectivity index (χ3v) is 11.8.